The lowest BCUT2D eigenvalue weighted by Gasteiger charge is -2.24. The Bertz CT molecular complexity index is 537. The minimum atomic E-state index is -3.50. The van der Waals surface area contributed by atoms with Gasteiger partial charge in [0.05, 0.1) is 17.9 Å². The predicted molar refractivity (Wildman–Crippen MR) is 77.1 cm³/mol. The maximum absolute atomic E-state index is 12.7. The molecule has 0 saturated heterocycles. The van der Waals surface area contributed by atoms with Crippen molar-refractivity contribution in [3.05, 3.63) is 11.4 Å². The summed E-state index contributed by atoms with van der Waals surface area (Å²) in [5.74, 6) is 0.406. The standard InChI is InChI=1S/C12H22ClN3O2S/c1-6-16(9(2)3)19(17,18)12-10(4)14-15(8-7-13)11(12)5/h9H,6-8H2,1-5H3. The molecule has 0 radical (unpaired) electrons. The van der Waals surface area contributed by atoms with Crippen LogP contribution in [0, 0.1) is 13.8 Å². The van der Waals surface area contributed by atoms with Crippen molar-refractivity contribution in [3.8, 4) is 0 Å². The highest BCUT2D eigenvalue weighted by Gasteiger charge is 2.31. The second kappa shape index (κ2) is 6.24. The Morgan fingerprint density at radius 2 is 1.95 bits per heavy atom. The lowest BCUT2D eigenvalue weighted by Crippen LogP contribution is -2.37. The minimum absolute atomic E-state index is 0.0785. The first-order valence-electron chi connectivity index (χ1n) is 6.39. The second-order valence-electron chi connectivity index (χ2n) is 4.71. The van der Waals surface area contributed by atoms with E-state index in [0.717, 1.165) is 0 Å². The van der Waals surface area contributed by atoms with Gasteiger partial charge in [0.1, 0.15) is 4.90 Å². The molecule has 0 amide bonds. The van der Waals surface area contributed by atoms with Crippen LogP contribution in [0.1, 0.15) is 32.2 Å². The Morgan fingerprint density at radius 1 is 1.37 bits per heavy atom. The van der Waals surface area contributed by atoms with Crippen LogP contribution >= 0.6 is 11.6 Å². The molecule has 0 aliphatic carbocycles. The third-order valence-electron chi connectivity index (χ3n) is 3.07. The Hall–Kier alpha value is -0.590. The van der Waals surface area contributed by atoms with Crippen molar-refractivity contribution >= 4 is 21.6 Å². The number of sulfonamides is 1. The van der Waals surface area contributed by atoms with Gasteiger partial charge in [0.25, 0.3) is 0 Å². The molecule has 0 saturated carbocycles. The Kier molecular flexibility index (Phi) is 5.41. The van der Waals surface area contributed by atoms with Crippen molar-refractivity contribution in [2.24, 2.45) is 0 Å². The van der Waals surface area contributed by atoms with Crippen LogP contribution in [-0.2, 0) is 16.6 Å². The third-order valence-corrected chi connectivity index (χ3v) is 5.64. The molecular formula is C12H22ClN3O2S. The molecular weight excluding hydrogens is 286 g/mol. The smallest absolute Gasteiger partial charge is 0.246 e. The summed E-state index contributed by atoms with van der Waals surface area (Å²) in [5.41, 5.74) is 1.18. The minimum Gasteiger partial charge on any atom is -0.267 e. The highest BCUT2D eigenvalue weighted by Crippen LogP contribution is 2.24. The van der Waals surface area contributed by atoms with E-state index in [0.29, 0.717) is 35.3 Å². The van der Waals surface area contributed by atoms with Gasteiger partial charge in [0, 0.05) is 18.5 Å². The van der Waals surface area contributed by atoms with Gasteiger partial charge in [-0.25, -0.2) is 8.42 Å². The maximum atomic E-state index is 12.7. The number of hydrogen-bond acceptors (Lipinski definition) is 3. The number of alkyl halides is 1. The van der Waals surface area contributed by atoms with Gasteiger partial charge in [-0.3, -0.25) is 4.68 Å². The van der Waals surface area contributed by atoms with E-state index in [-0.39, 0.29) is 6.04 Å². The quantitative estimate of drug-likeness (QED) is 0.757. The van der Waals surface area contributed by atoms with Gasteiger partial charge in [-0.15, -0.1) is 11.6 Å². The Labute approximate surface area is 120 Å². The van der Waals surface area contributed by atoms with Crippen LogP contribution in [0.2, 0.25) is 0 Å². The SMILES string of the molecule is CCN(C(C)C)S(=O)(=O)c1c(C)nn(CCCl)c1C. The first-order chi connectivity index (χ1) is 8.77. The molecule has 0 aromatic carbocycles. The average Bonchev–Trinajstić information content (AvgIpc) is 2.54. The summed E-state index contributed by atoms with van der Waals surface area (Å²) in [4.78, 5) is 0.313. The van der Waals surface area contributed by atoms with E-state index in [1.807, 2.05) is 20.8 Å². The second-order valence-corrected chi connectivity index (χ2v) is 6.92. The fourth-order valence-corrected chi connectivity index (χ4v) is 4.46. The topological polar surface area (TPSA) is 55.2 Å². The van der Waals surface area contributed by atoms with Crippen molar-refractivity contribution in [2.45, 2.75) is 52.1 Å². The molecule has 5 nitrogen and oxygen atoms in total. The number of aromatic nitrogens is 2. The van der Waals surface area contributed by atoms with E-state index in [9.17, 15) is 8.42 Å². The van der Waals surface area contributed by atoms with Crippen molar-refractivity contribution in [1.82, 2.24) is 14.1 Å². The summed E-state index contributed by atoms with van der Waals surface area (Å²) in [6.07, 6.45) is 0. The molecule has 1 aromatic heterocycles. The number of aryl methyl sites for hydroxylation is 2. The van der Waals surface area contributed by atoms with Crippen molar-refractivity contribution in [2.75, 3.05) is 12.4 Å². The van der Waals surface area contributed by atoms with Crippen LogP contribution < -0.4 is 0 Å². The number of halogens is 1. The van der Waals surface area contributed by atoms with Crippen LogP contribution in [0.15, 0.2) is 4.90 Å². The fraction of sp³-hybridized carbons (Fsp3) is 0.750. The molecule has 7 heteroatoms. The van der Waals surface area contributed by atoms with Gasteiger partial charge < -0.3 is 0 Å². The van der Waals surface area contributed by atoms with Gasteiger partial charge in [0.15, 0.2) is 0 Å². The van der Waals surface area contributed by atoms with Gasteiger partial charge in [-0.05, 0) is 27.7 Å². The predicted octanol–water partition coefficient (Wildman–Crippen LogP) is 2.16. The van der Waals surface area contributed by atoms with E-state index in [1.54, 1.807) is 18.5 Å². The molecule has 0 bridgehead atoms. The van der Waals surface area contributed by atoms with Crippen LogP contribution in [0.25, 0.3) is 0 Å². The van der Waals surface area contributed by atoms with Crippen LogP contribution in [0.4, 0.5) is 0 Å². The monoisotopic (exact) mass is 307 g/mol. The van der Waals surface area contributed by atoms with Gasteiger partial charge in [-0.1, -0.05) is 6.92 Å². The van der Waals surface area contributed by atoms with Gasteiger partial charge in [0.2, 0.25) is 10.0 Å². The molecule has 1 heterocycles. The van der Waals surface area contributed by atoms with Gasteiger partial charge in [-0.2, -0.15) is 9.40 Å². The summed E-state index contributed by atoms with van der Waals surface area (Å²) in [5, 5.41) is 4.27. The van der Waals surface area contributed by atoms with Gasteiger partial charge >= 0.3 is 0 Å². The number of nitrogens with zero attached hydrogens (tertiary/aromatic N) is 3. The Morgan fingerprint density at radius 3 is 2.37 bits per heavy atom. The summed E-state index contributed by atoms with van der Waals surface area (Å²) in [7, 11) is -3.50. The molecule has 0 atom stereocenters. The van der Waals surface area contributed by atoms with Crippen LogP contribution in [0.3, 0.4) is 0 Å². The summed E-state index contributed by atoms with van der Waals surface area (Å²) in [6, 6.07) is -0.0785. The molecule has 1 aromatic rings. The number of rotatable bonds is 6. The Balaban J connectivity index is 3.36. The lowest BCUT2D eigenvalue weighted by molar-refractivity contribution is 0.368. The number of hydrogen-bond donors (Lipinski definition) is 0. The maximum Gasteiger partial charge on any atom is 0.246 e. The molecule has 0 N–H and O–H groups in total. The molecule has 0 fully saturated rings. The molecule has 19 heavy (non-hydrogen) atoms. The van der Waals surface area contributed by atoms with Crippen molar-refractivity contribution in [1.29, 1.82) is 0 Å². The zero-order chi connectivity index (χ0) is 14.8. The van der Waals surface area contributed by atoms with E-state index in [2.05, 4.69) is 5.10 Å². The zero-order valence-electron chi connectivity index (χ0n) is 12.1. The van der Waals surface area contributed by atoms with E-state index >= 15 is 0 Å². The average molecular weight is 308 g/mol. The largest absolute Gasteiger partial charge is 0.267 e. The molecule has 1 rings (SSSR count). The molecule has 0 unspecified atom stereocenters. The molecule has 0 aliphatic heterocycles. The summed E-state index contributed by atoms with van der Waals surface area (Å²) < 4.78 is 28.5. The normalized spacial score (nSPS) is 12.6. The van der Waals surface area contributed by atoms with Crippen molar-refractivity contribution < 1.29 is 8.42 Å². The molecule has 0 aliphatic rings. The first kappa shape index (κ1) is 16.5. The van der Waals surface area contributed by atoms with E-state index < -0.39 is 10.0 Å². The summed E-state index contributed by atoms with van der Waals surface area (Å²) in [6.45, 7) is 10.0. The third kappa shape index (κ3) is 3.12. The van der Waals surface area contributed by atoms with Crippen molar-refractivity contribution in [3.63, 3.8) is 0 Å². The van der Waals surface area contributed by atoms with E-state index in [1.165, 1.54) is 4.31 Å². The molecule has 0 spiro atoms. The van der Waals surface area contributed by atoms with Crippen LogP contribution in [-0.4, -0.2) is 41.0 Å². The summed E-state index contributed by atoms with van der Waals surface area (Å²) >= 11 is 5.70. The fourth-order valence-electron chi connectivity index (χ4n) is 2.28. The highest BCUT2D eigenvalue weighted by atomic mass is 35.5. The first-order valence-corrected chi connectivity index (χ1v) is 8.36. The van der Waals surface area contributed by atoms with E-state index in [4.69, 9.17) is 11.6 Å². The lowest BCUT2D eigenvalue weighted by atomic mass is 10.4. The highest BCUT2D eigenvalue weighted by molar-refractivity contribution is 7.89. The van der Waals surface area contributed by atoms with Crippen LogP contribution in [0.5, 0.6) is 0 Å². The zero-order valence-corrected chi connectivity index (χ0v) is 13.7. The molecule has 110 valence electrons.